The highest BCUT2D eigenvalue weighted by molar-refractivity contribution is 7.81. The molecule has 0 heterocycles. The summed E-state index contributed by atoms with van der Waals surface area (Å²) in [5.41, 5.74) is 0. The normalized spacial score (nSPS) is 7.67. The van der Waals surface area contributed by atoms with E-state index < -0.39 is 5.97 Å². The van der Waals surface area contributed by atoms with Gasteiger partial charge in [-0.3, -0.25) is 0 Å². The predicted octanol–water partition coefficient (Wildman–Crippen LogP) is 0.613. The van der Waals surface area contributed by atoms with Crippen LogP contribution in [0.3, 0.4) is 0 Å². The van der Waals surface area contributed by atoms with Crippen molar-refractivity contribution in [3.05, 3.63) is 0 Å². The largest absolute Gasteiger partial charge is 0.347 e. The number of hydrogen-bond acceptors (Lipinski definition) is 3. The van der Waals surface area contributed by atoms with Gasteiger partial charge in [0, 0.05) is 0 Å². The van der Waals surface area contributed by atoms with Crippen LogP contribution in [-0.2, 0) is 9.08 Å². The Morgan fingerprint density at radius 2 is 2.50 bits per heavy atom. The van der Waals surface area contributed by atoms with E-state index in [4.69, 9.17) is 0 Å². The molecule has 0 atom stereocenters. The van der Waals surface area contributed by atoms with Crippen LogP contribution >= 0.6 is 24.5 Å². The number of thiol groups is 1. The third-order valence-corrected chi connectivity index (χ3v) is 0.645. The first-order valence-electron chi connectivity index (χ1n) is 1.23. The van der Waals surface area contributed by atoms with E-state index in [-0.39, 0.29) is 5.75 Å². The van der Waals surface area contributed by atoms with Crippen molar-refractivity contribution in [1.29, 1.82) is 0 Å². The molecule has 0 aromatic rings. The van der Waals surface area contributed by atoms with Crippen molar-refractivity contribution in [2.24, 2.45) is 0 Å². The standard InChI is InChI=1S/C2H3ClO2S/c3-5-2(4)1-6/h6H,1H2. The number of carbonyl (C=O) groups excluding carboxylic acids is 1. The number of hydrogen-bond donors (Lipinski definition) is 1. The van der Waals surface area contributed by atoms with Crippen molar-refractivity contribution >= 4 is 30.5 Å². The Morgan fingerprint density at radius 3 is 2.50 bits per heavy atom. The summed E-state index contributed by atoms with van der Waals surface area (Å²) >= 11 is 8.09. The lowest BCUT2D eigenvalue weighted by Crippen LogP contribution is -1.95. The van der Waals surface area contributed by atoms with E-state index in [1.54, 1.807) is 0 Å². The minimum atomic E-state index is -0.528. The summed E-state index contributed by atoms with van der Waals surface area (Å²) < 4.78 is 3.66. The molecular weight excluding hydrogens is 124 g/mol. The molecule has 0 saturated carbocycles. The smallest absolute Gasteiger partial charge is 0.334 e. The molecule has 2 nitrogen and oxygen atoms in total. The molecule has 0 unspecified atom stereocenters. The van der Waals surface area contributed by atoms with Crippen LogP contribution in [0.1, 0.15) is 0 Å². The Hall–Kier alpha value is 0.110. The van der Waals surface area contributed by atoms with E-state index in [1.807, 2.05) is 0 Å². The van der Waals surface area contributed by atoms with Crippen molar-refractivity contribution in [2.45, 2.75) is 0 Å². The summed E-state index contributed by atoms with van der Waals surface area (Å²) in [5.74, 6) is -0.497. The summed E-state index contributed by atoms with van der Waals surface area (Å²) in [6, 6.07) is 0. The summed E-state index contributed by atoms with van der Waals surface area (Å²) in [6.07, 6.45) is 0. The first kappa shape index (κ1) is 6.11. The predicted molar refractivity (Wildman–Crippen MR) is 25.8 cm³/mol. The number of carbonyl (C=O) groups is 1. The maximum Gasteiger partial charge on any atom is 0.334 e. The van der Waals surface area contributed by atoms with Crippen LogP contribution < -0.4 is 0 Å². The maximum atomic E-state index is 9.75. The average molecular weight is 127 g/mol. The molecule has 0 N–H and O–H groups in total. The zero-order valence-corrected chi connectivity index (χ0v) is 4.50. The van der Waals surface area contributed by atoms with Crippen LogP contribution in [0.25, 0.3) is 0 Å². The molecule has 0 aliphatic carbocycles. The van der Waals surface area contributed by atoms with E-state index in [9.17, 15) is 4.79 Å². The van der Waals surface area contributed by atoms with Crippen LogP contribution in [0.5, 0.6) is 0 Å². The van der Waals surface area contributed by atoms with Crippen LogP contribution in [0.2, 0.25) is 0 Å². The molecule has 0 aliphatic rings. The Labute approximate surface area is 46.0 Å². The van der Waals surface area contributed by atoms with Crippen LogP contribution in [-0.4, -0.2) is 11.7 Å². The quantitative estimate of drug-likeness (QED) is 0.521. The molecule has 0 fully saturated rings. The van der Waals surface area contributed by atoms with Gasteiger partial charge in [0.15, 0.2) is 0 Å². The van der Waals surface area contributed by atoms with Crippen molar-refractivity contribution in [1.82, 2.24) is 0 Å². The summed E-state index contributed by atoms with van der Waals surface area (Å²) in [4.78, 5) is 9.75. The average Bonchev–Trinajstić information content (AvgIpc) is 1.65. The van der Waals surface area contributed by atoms with Gasteiger partial charge in [0.1, 0.15) is 11.9 Å². The maximum absolute atomic E-state index is 9.75. The van der Waals surface area contributed by atoms with E-state index in [0.717, 1.165) is 0 Å². The fourth-order valence-electron chi connectivity index (χ4n) is 0.0244. The lowest BCUT2D eigenvalue weighted by molar-refractivity contribution is -0.130. The lowest BCUT2D eigenvalue weighted by Gasteiger charge is -1.81. The second-order valence-corrected chi connectivity index (χ2v) is 1.08. The second-order valence-electron chi connectivity index (χ2n) is 0.607. The highest BCUT2D eigenvalue weighted by Gasteiger charge is 1.91. The first-order valence-corrected chi connectivity index (χ1v) is 2.17. The molecule has 0 radical (unpaired) electrons. The molecule has 36 valence electrons. The number of rotatable bonds is 1. The van der Waals surface area contributed by atoms with Gasteiger partial charge in [-0.2, -0.15) is 12.6 Å². The molecule has 4 heteroatoms. The Balaban J connectivity index is 2.99. The zero-order chi connectivity index (χ0) is 4.99. The molecule has 0 aromatic carbocycles. The Morgan fingerprint density at radius 1 is 2.00 bits per heavy atom. The first-order chi connectivity index (χ1) is 2.81. The fraction of sp³-hybridized carbons (Fsp3) is 0.500. The van der Waals surface area contributed by atoms with Crippen molar-refractivity contribution < 1.29 is 9.08 Å². The minimum Gasteiger partial charge on any atom is -0.347 e. The third kappa shape index (κ3) is 2.35. The molecule has 0 rings (SSSR count). The van der Waals surface area contributed by atoms with Gasteiger partial charge in [-0.25, -0.2) is 4.79 Å². The van der Waals surface area contributed by atoms with Gasteiger partial charge in [-0.05, 0) is 0 Å². The van der Waals surface area contributed by atoms with Crippen molar-refractivity contribution in [3.8, 4) is 0 Å². The van der Waals surface area contributed by atoms with Gasteiger partial charge < -0.3 is 4.29 Å². The molecule has 6 heavy (non-hydrogen) atoms. The summed E-state index contributed by atoms with van der Waals surface area (Å²) in [7, 11) is 0. The molecule has 0 amide bonds. The van der Waals surface area contributed by atoms with Gasteiger partial charge in [0.05, 0.1) is 5.75 Å². The summed E-state index contributed by atoms with van der Waals surface area (Å²) in [5, 5.41) is 0. The highest BCUT2D eigenvalue weighted by atomic mass is 35.5. The van der Waals surface area contributed by atoms with E-state index in [1.165, 1.54) is 0 Å². The van der Waals surface area contributed by atoms with Crippen LogP contribution in [0, 0.1) is 0 Å². The second kappa shape index (κ2) is 3.31. The van der Waals surface area contributed by atoms with E-state index in [2.05, 4.69) is 28.8 Å². The molecule has 0 saturated heterocycles. The molecular formula is C2H3ClO2S. The van der Waals surface area contributed by atoms with Gasteiger partial charge >= 0.3 is 5.97 Å². The van der Waals surface area contributed by atoms with Crippen molar-refractivity contribution in [3.63, 3.8) is 0 Å². The zero-order valence-electron chi connectivity index (χ0n) is 2.85. The third-order valence-electron chi connectivity index (χ3n) is 0.215. The van der Waals surface area contributed by atoms with E-state index in [0.29, 0.717) is 0 Å². The highest BCUT2D eigenvalue weighted by Crippen LogP contribution is 1.82. The van der Waals surface area contributed by atoms with Gasteiger partial charge in [0.25, 0.3) is 0 Å². The minimum absolute atomic E-state index is 0.0312. The SMILES string of the molecule is O=C(CS)OCl. The molecule has 0 bridgehead atoms. The van der Waals surface area contributed by atoms with Gasteiger partial charge in [-0.1, -0.05) is 0 Å². The Kier molecular flexibility index (Phi) is 3.37. The van der Waals surface area contributed by atoms with E-state index >= 15 is 0 Å². The van der Waals surface area contributed by atoms with Crippen molar-refractivity contribution in [2.75, 3.05) is 5.75 Å². The van der Waals surface area contributed by atoms with Gasteiger partial charge in [0.2, 0.25) is 0 Å². The lowest BCUT2D eigenvalue weighted by atomic mass is 10.8. The number of halogens is 1. The monoisotopic (exact) mass is 126 g/mol. The van der Waals surface area contributed by atoms with Crippen LogP contribution in [0.4, 0.5) is 0 Å². The fourth-order valence-corrected chi connectivity index (χ4v) is 0.220. The summed E-state index contributed by atoms with van der Waals surface area (Å²) in [6.45, 7) is 0. The molecule has 0 spiro atoms. The topological polar surface area (TPSA) is 26.3 Å². The molecule has 0 aliphatic heterocycles. The Bertz CT molecular complexity index is 49.5. The van der Waals surface area contributed by atoms with Gasteiger partial charge in [-0.15, -0.1) is 0 Å². The van der Waals surface area contributed by atoms with Crippen LogP contribution in [0.15, 0.2) is 0 Å². The molecule has 0 aromatic heterocycles.